The van der Waals surface area contributed by atoms with Gasteiger partial charge in [-0.15, -0.1) is 0 Å². The van der Waals surface area contributed by atoms with E-state index in [1.54, 1.807) is 0 Å². The summed E-state index contributed by atoms with van der Waals surface area (Å²) >= 11 is 17.9. The zero-order valence-electron chi connectivity index (χ0n) is 16.3. The third-order valence-corrected chi connectivity index (χ3v) is 10.5. The summed E-state index contributed by atoms with van der Waals surface area (Å²) in [5, 5.41) is 21.9. The molecule has 30 heavy (non-hydrogen) atoms. The van der Waals surface area contributed by atoms with Crippen LogP contribution in [-0.4, -0.2) is 20.7 Å². The number of halogens is 4. The van der Waals surface area contributed by atoms with E-state index in [9.17, 15) is 10.2 Å². The molecule has 3 rings (SSSR count). The van der Waals surface area contributed by atoms with Gasteiger partial charge in [-0.3, -0.25) is 0 Å². The lowest BCUT2D eigenvalue weighted by Crippen LogP contribution is -2.22. The third-order valence-electron chi connectivity index (χ3n) is 5.26. The van der Waals surface area contributed by atoms with E-state index >= 15 is 0 Å². The van der Waals surface area contributed by atoms with Crippen LogP contribution in [-0.2, 0) is 11.5 Å². The standard InChI is InChI=1S/C22H24Br4O2S2/c23-15-7-13(21(27)17(25)9-15)11-29-19-5-3-1-2-4-6-20(19)30-12-14-8-16(24)10-18(26)22(14)28/h7-10,19-20,27-28H,1-6,11-12H2/t19-,20-/m0/s1. The molecular formula is C22H24Br4O2S2. The molecule has 1 aliphatic rings. The molecule has 0 aliphatic heterocycles. The molecule has 0 saturated heterocycles. The van der Waals surface area contributed by atoms with Crippen LogP contribution in [0.3, 0.4) is 0 Å². The molecule has 0 amide bonds. The lowest BCUT2D eigenvalue weighted by Gasteiger charge is -2.29. The summed E-state index contributed by atoms with van der Waals surface area (Å²) < 4.78 is 3.41. The second kappa shape index (κ2) is 12.2. The first-order chi connectivity index (χ1) is 14.3. The maximum absolute atomic E-state index is 10.4. The zero-order chi connectivity index (χ0) is 21.7. The molecule has 1 fully saturated rings. The van der Waals surface area contributed by atoms with Crippen LogP contribution in [0.4, 0.5) is 0 Å². The average molecular weight is 704 g/mol. The predicted octanol–water partition coefficient (Wildman–Crippen LogP) is 9.41. The van der Waals surface area contributed by atoms with Crippen molar-refractivity contribution in [3.05, 3.63) is 53.3 Å². The smallest absolute Gasteiger partial charge is 0.133 e. The van der Waals surface area contributed by atoms with E-state index in [1.165, 1.54) is 38.5 Å². The van der Waals surface area contributed by atoms with E-state index in [2.05, 4.69) is 63.7 Å². The first kappa shape index (κ1) is 25.3. The minimum atomic E-state index is 0.338. The molecule has 2 nitrogen and oxygen atoms in total. The number of aromatic hydroxyl groups is 2. The summed E-state index contributed by atoms with van der Waals surface area (Å²) in [6.45, 7) is 0. The minimum absolute atomic E-state index is 0.338. The van der Waals surface area contributed by atoms with Gasteiger partial charge in [0.25, 0.3) is 0 Å². The Kier molecular flexibility index (Phi) is 10.3. The molecule has 0 aromatic heterocycles. The highest BCUT2D eigenvalue weighted by Gasteiger charge is 2.25. The summed E-state index contributed by atoms with van der Waals surface area (Å²) in [5.74, 6) is 2.26. The third kappa shape index (κ3) is 7.08. The van der Waals surface area contributed by atoms with Crippen LogP contribution in [0.5, 0.6) is 11.5 Å². The Morgan fingerprint density at radius 1 is 0.667 bits per heavy atom. The van der Waals surface area contributed by atoms with Crippen LogP contribution in [0.25, 0.3) is 0 Å². The fourth-order valence-electron chi connectivity index (χ4n) is 3.65. The maximum Gasteiger partial charge on any atom is 0.133 e. The average Bonchev–Trinajstić information content (AvgIpc) is 2.67. The molecule has 2 aromatic rings. The summed E-state index contributed by atoms with van der Waals surface area (Å²) in [5.41, 5.74) is 1.92. The van der Waals surface area contributed by atoms with Crippen LogP contribution >= 0.6 is 87.2 Å². The number of rotatable bonds is 6. The molecule has 0 bridgehead atoms. The largest absolute Gasteiger partial charge is 0.506 e. The molecule has 0 unspecified atom stereocenters. The predicted molar refractivity (Wildman–Crippen MR) is 145 cm³/mol. The van der Waals surface area contributed by atoms with Crippen LogP contribution in [0.1, 0.15) is 49.7 Å². The Morgan fingerprint density at radius 2 is 1.07 bits per heavy atom. The Bertz CT molecular complexity index is 807. The van der Waals surface area contributed by atoms with E-state index in [0.29, 0.717) is 22.0 Å². The van der Waals surface area contributed by atoms with Gasteiger partial charge in [-0.25, -0.2) is 0 Å². The van der Waals surface area contributed by atoms with Gasteiger partial charge in [-0.2, -0.15) is 23.5 Å². The summed E-state index contributed by atoms with van der Waals surface area (Å²) in [6, 6.07) is 7.77. The van der Waals surface area contributed by atoms with Crippen molar-refractivity contribution in [1.29, 1.82) is 0 Å². The normalized spacial score (nSPS) is 20.0. The molecule has 2 N–H and O–H groups in total. The van der Waals surface area contributed by atoms with Gasteiger partial charge in [0, 0.05) is 42.1 Å². The lowest BCUT2D eigenvalue weighted by atomic mass is 10.00. The van der Waals surface area contributed by atoms with E-state index in [-0.39, 0.29) is 0 Å². The van der Waals surface area contributed by atoms with Crippen molar-refractivity contribution in [1.82, 2.24) is 0 Å². The molecule has 164 valence electrons. The highest BCUT2D eigenvalue weighted by atomic mass is 79.9. The number of thioether (sulfide) groups is 2. The number of hydrogen-bond acceptors (Lipinski definition) is 4. The van der Waals surface area contributed by atoms with Crippen molar-refractivity contribution < 1.29 is 10.2 Å². The first-order valence-electron chi connectivity index (χ1n) is 9.92. The van der Waals surface area contributed by atoms with E-state index in [0.717, 1.165) is 40.5 Å². The molecular weight excluding hydrogens is 680 g/mol. The Morgan fingerprint density at radius 3 is 1.47 bits per heavy atom. The fraction of sp³-hybridized carbons (Fsp3) is 0.455. The summed E-state index contributed by atoms with van der Waals surface area (Å²) in [4.78, 5) is 0. The number of phenolic OH excluding ortho intramolecular Hbond substituents is 2. The highest BCUT2D eigenvalue weighted by molar-refractivity contribution is 9.11. The van der Waals surface area contributed by atoms with Gasteiger partial charge in [0.2, 0.25) is 0 Å². The molecule has 0 radical (unpaired) electrons. The van der Waals surface area contributed by atoms with Gasteiger partial charge in [0.1, 0.15) is 11.5 Å². The Labute approximate surface area is 220 Å². The topological polar surface area (TPSA) is 40.5 Å². The Balaban J connectivity index is 1.70. The molecule has 2 atom stereocenters. The SMILES string of the molecule is Oc1c(Br)cc(Br)cc1CS[C@H]1CCCCCC[C@@H]1SCc1cc(Br)cc(Br)c1O. The van der Waals surface area contributed by atoms with Gasteiger partial charge >= 0.3 is 0 Å². The summed E-state index contributed by atoms with van der Waals surface area (Å²) in [6.07, 6.45) is 7.54. The van der Waals surface area contributed by atoms with Crippen LogP contribution in [0.2, 0.25) is 0 Å². The first-order valence-corrected chi connectivity index (χ1v) is 15.2. The van der Waals surface area contributed by atoms with Gasteiger partial charge in [-0.05, 0) is 69.0 Å². The van der Waals surface area contributed by atoms with Crippen molar-refractivity contribution in [3.8, 4) is 11.5 Å². The number of phenols is 2. The fourth-order valence-corrected chi connectivity index (χ4v) is 9.34. The monoisotopic (exact) mass is 700 g/mol. The zero-order valence-corrected chi connectivity index (χ0v) is 24.3. The van der Waals surface area contributed by atoms with E-state index in [1.807, 2.05) is 47.8 Å². The van der Waals surface area contributed by atoms with Crippen molar-refractivity contribution in [3.63, 3.8) is 0 Å². The molecule has 2 aromatic carbocycles. The number of hydrogen-bond donors (Lipinski definition) is 2. The molecule has 0 spiro atoms. The highest BCUT2D eigenvalue weighted by Crippen LogP contribution is 2.41. The van der Waals surface area contributed by atoms with Crippen LogP contribution in [0, 0.1) is 0 Å². The quantitative estimate of drug-likeness (QED) is 0.315. The van der Waals surface area contributed by atoms with E-state index in [4.69, 9.17) is 0 Å². The van der Waals surface area contributed by atoms with Gasteiger partial charge in [-0.1, -0.05) is 57.5 Å². The second-order valence-corrected chi connectivity index (χ2v) is 13.5. The van der Waals surface area contributed by atoms with Crippen molar-refractivity contribution in [2.24, 2.45) is 0 Å². The number of benzene rings is 2. The van der Waals surface area contributed by atoms with Crippen LogP contribution in [0.15, 0.2) is 42.2 Å². The summed E-state index contributed by atoms with van der Waals surface area (Å²) in [7, 11) is 0. The minimum Gasteiger partial charge on any atom is -0.506 e. The molecule has 1 saturated carbocycles. The molecule has 8 heteroatoms. The van der Waals surface area contributed by atoms with Crippen molar-refractivity contribution in [2.45, 2.75) is 60.5 Å². The second-order valence-electron chi connectivity index (χ2n) is 7.48. The van der Waals surface area contributed by atoms with Crippen molar-refractivity contribution >= 4 is 87.2 Å². The van der Waals surface area contributed by atoms with Crippen LogP contribution < -0.4 is 0 Å². The Hall–Kier alpha value is 0.660. The van der Waals surface area contributed by atoms with Gasteiger partial charge in [0.05, 0.1) is 8.95 Å². The lowest BCUT2D eigenvalue weighted by molar-refractivity contribution is 0.466. The van der Waals surface area contributed by atoms with E-state index < -0.39 is 0 Å². The molecule has 1 aliphatic carbocycles. The maximum atomic E-state index is 10.4. The molecule has 0 heterocycles. The van der Waals surface area contributed by atoms with Gasteiger partial charge < -0.3 is 10.2 Å². The van der Waals surface area contributed by atoms with Crippen molar-refractivity contribution in [2.75, 3.05) is 0 Å². The van der Waals surface area contributed by atoms with Gasteiger partial charge in [0.15, 0.2) is 0 Å².